The number of aromatic nitrogens is 3. The maximum Gasteiger partial charge on any atom is 0.225 e. The molecule has 0 unspecified atom stereocenters. The van der Waals surface area contributed by atoms with Crippen molar-refractivity contribution in [1.82, 2.24) is 25.0 Å². The molecular formula is C14H21N5O2. The highest BCUT2D eigenvalue weighted by molar-refractivity contribution is 5.82. The lowest BCUT2D eigenvalue weighted by Gasteiger charge is -2.33. The van der Waals surface area contributed by atoms with Crippen LogP contribution >= 0.6 is 0 Å². The van der Waals surface area contributed by atoms with E-state index in [0.29, 0.717) is 25.5 Å². The van der Waals surface area contributed by atoms with Crippen LogP contribution in [0.1, 0.15) is 31.5 Å². The van der Waals surface area contributed by atoms with E-state index in [4.69, 9.17) is 0 Å². The van der Waals surface area contributed by atoms with Gasteiger partial charge in [0.15, 0.2) is 0 Å². The van der Waals surface area contributed by atoms with Crippen LogP contribution in [0.4, 0.5) is 0 Å². The predicted octanol–water partition coefficient (Wildman–Crippen LogP) is 0.412. The van der Waals surface area contributed by atoms with Crippen molar-refractivity contribution < 1.29 is 9.59 Å². The van der Waals surface area contributed by atoms with Crippen LogP contribution in [-0.2, 0) is 16.1 Å². The number of hydrogen-bond donors (Lipinski definition) is 1. The van der Waals surface area contributed by atoms with Crippen LogP contribution in [0.15, 0.2) is 6.33 Å². The Hall–Kier alpha value is -1.92. The van der Waals surface area contributed by atoms with Gasteiger partial charge in [0.1, 0.15) is 12.2 Å². The highest BCUT2D eigenvalue weighted by Crippen LogP contribution is 2.32. The normalized spacial score (nSPS) is 19.6. The molecule has 0 bridgehead atoms. The van der Waals surface area contributed by atoms with E-state index >= 15 is 0 Å². The molecule has 21 heavy (non-hydrogen) atoms. The molecule has 0 spiro atoms. The van der Waals surface area contributed by atoms with Crippen molar-refractivity contribution in [3.05, 3.63) is 12.2 Å². The molecule has 1 aliphatic carbocycles. The summed E-state index contributed by atoms with van der Waals surface area (Å²) in [6, 6.07) is 0. The molecule has 2 fully saturated rings. The van der Waals surface area contributed by atoms with Gasteiger partial charge in [-0.2, -0.15) is 5.10 Å². The van der Waals surface area contributed by atoms with Gasteiger partial charge in [0.25, 0.3) is 0 Å². The zero-order chi connectivity index (χ0) is 14.8. The number of carbonyl (C=O) groups excluding carboxylic acids is 2. The van der Waals surface area contributed by atoms with Crippen molar-refractivity contribution in [2.24, 2.45) is 11.8 Å². The van der Waals surface area contributed by atoms with Gasteiger partial charge in [0.05, 0.1) is 6.54 Å². The minimum Gasteiger partial charge on any atom is -0.342 e. The van der Waals surface area contributed by atoms with Gasteiger partial charge in [-0.25, -0.2) is 4.98 Å². The molecule has 114 valence electrons. The minimum atomic E-state index is 0.0150. The smallest absolute Gasteiger partial charge is 0.225 e. The van der Waals surface area contributed by atoms with E-state index in [-0.39, 0.29) is 23.7 Å². The summed E-state index contributed by atoms with van der Waals surface area (Å²) in [6.07, 6.45) is 5.04. The Morgan fingerprint density at radius 2 is 2.00 bits per heavy atom. The summed E-state index contributed by atoms with van der Waals surface area (Å²) in [5.41, 5.74) is 0. The average molecular weight is 291 g/mol. The first-order valence-corrected chi connectivity index (χ1v) is 7.53. The third-order valence-corrected chi connectivity index (χ3v) is 4.31. The Kier molecular flexibility index (Phi) is 3.90. The minimum absolute atomic E-state index is 0.0150. The first-order chi connectivity index (χ1) is 10.1. The third-order valence-electron chi connectivity index (χ3n) is 4.31. The quantitative estimate of drug-likeness (QED) is 0.871. The molecule has 0 atom stereocenters. The lowest BCUT2D eigenvalue weighted by Crippen LogP contribution is -2.43. The number of nitrogens with one attached hydrogen (secondary N) is 1. The van der Waals surface area contributed by atoms with Gasteiger partial charge in [-0.1, -0.05) is 0 Å². The first kappa shape index (κ1) is 14.0. The Labute approximate surface area is 123 Å². The summed E-state index contributed by atoms with van der Waals surface area (Å²) in [6.45, 7) is 1.86. The average Bonchev–Trinajstić information content (AvgIpc) is 3.24. The molecule has 1 saturated carbocycles. The molecule has 2 amide bonds. The number of carbonyl (C=O) groups is 2. The van der Waals surface area contributed by atoms with Crippen LogP contribution in [0.2, 0.25) is 0 Å². The van der Waals surface area contributed by atoms with Crippen LogP contribution in [0.5, 0.6) is 0 Å². The molecule has 1 N–H and O–H groups in total. The van der Waals surface area contributed by atoms with Gasteiger partial charge in [-0.3, -0.25) is 14.7 Å². The summed E-state index contributed by atoms with van der Waals surface area (Å²) >= 11 is 0. The maximum atomic E-state index is 12.4. The van der Waals surface area contributed by atoms with Crippen LogP contribution in [0.3, 0.4) is 0 Å². The number of amides is 2. The number of aromatic amines is 1. The molecule has 1 aromatic heterocycles. The van der Waals surface area contributed by atoms with E-state index in [1.807, 2.05) is 4.90 Å². The summed E-state index contributed by atoms with van der Waals surface area (Å²) in [7, 11) is 1.78. The zero-order valence-corrected chi connectivity index (χ0v) is 12.3. The molecule has 3 rings (SSSR count). The van der Waals surface area contributed by atoms with Crippen LogP contribution in [0, 0.1) is 11.8 Å². The SMILES string of the molecule is CN(Cc1ncn[nH]1)C(=O)C1CCN(C(=O)C2CC2)CC1. The molecule has 0 aromatic carbocycles. The monoisotopic (exact) mass is 291 g/mol. The third kappa shape index (κ3) is 3.22. The summed E-state index contributed by atoms with van der Waals surface area (Å²) < 4.78 is 0. The van der Waals surface area contributed by atoms with E-state index in [0.717, 1.165) is 25.7 Å². The number of hydrogen-bond acceptors (Lipinski definition) is 4. The number of piperidine rings is 1. The molecule has 2 heterocycles. The molecule has 1 saturated heterocycles. The van der Waals surface area contributed by atoms with E-state index in [9.17, 15) is 9.59 Å². The molecule has 1 aromatic rings. The Morgan fingerprint density at radius 3 is 2.57 bits per heavy atom. The van der Waals surface area contributed by atoms with Gasteiger partial charge in [0.2, 0.25) is 11.8 Å². The second kappa shape index (κ2) is 5.83. The molecular weight excluding hydrogens is 270 g/mol. The van der Waals surface area contributed by atoms with Crippen molar-refractivity contribution in [2.45, 2.75) is 32.2 Å². The highest BCUT2D eigenvalue weighted by Gasteiger charge is 2.36. The fourth-order valence-electron chi connectivity index (χ4n) is 2.86. The van der Waals surface area contributed by atoms with E-state index in [2.05, 4.69) is 15.2 Å². The molecule has 0 radical (unpaired) electrons. The molecule has 7 heteroatoms. The van der Waals surface area contributed by atoms with Crippen molar-refractivity contribution in [3.8, 4) is 0 Å². The van der Waals surface area contributed by atoms with Crippen LogP contribution in [0.25, 0.3) is 0 Å². The standard InChI is InChI=1S/C14H21N5O2/c1-18(8-12-15-9-16-17-12)13(20)11-4-6-19(7-5-11)14(21)10-2-3-10/h9-11H,2-8H2,1H3,(H,15,16,17). The summed E-state index contributed by atoms with van der Waals surface area (Å²) in [5.74, 6) is 1.39. The fourth-order valence-corrected chi connectivity index (χ4v) is 2.86. The van der Waals surface area contributed by atoms with Crippen molar-refractivity contribution in [2.75, 3.05) is 20.1 Å². The van der Waals surface area contributed by atoms with Gasteiger partial charge < -0.3 is 9.80 Å². The van der Waals surface area contributed by atoms with Gasteiger partial charge in [-0.15, -0.1) is 0 Å². The lowest BCUT2D eigenvalue weighted by molar-refractivity contribution is -0.140. The summed E-state index contributed by atoms with van der Waals surface area (Å²) in [5, 5.41) is 6.54. The van der Waals surface area contributed by atoms with Crippen molar-refractivity contribution in [3.63, 3.8) is 0 Å². The van der Waals surface area contributed by atoms with Crippen LogP contribution in [-0.4, -0.2) is 56.9 Å². The second-order valence-electron chi connectivity index (χ2n) is 6.00. The second-order valence-corrected chi connectivity index (χ2v) is 6.00. The number of nitrogens with zero attached hydrogens (tertiary/aromatic N) is 4. The zero-order valence-electron chi connectivity index (χ0n) is 12.3. The number of rotatable bonds is 4. The lowest BCUT2D eigenvalue weighted by atomic mass is 9.95. The molecule has 1 aliphatic heterocycles. The molecule has 7 nitrogen and oxygen atoms in total. The van der Waals surface area contributed by atoms with Gasteiger partial charge >= 0.3 is 0 Å². The van der Waals surface area contributed by atoms with Gasteiger partial charge in [-0.05, 0) is 25.7 Å². The number of likely N-dealkylation sites (tertiary alicyclic amines) is 1. The van der Waals surface area contributed by atoms with E-state index < -0.39 is 0 Å². The molecule has 2 aliphatic rings. The predicted molar refractivity (Wildman–Crippen MR) is 74.9 cm³/mol. The van der Waals surface area contributed by atoms with E-state index in [1.165, 1.54) is 6.33 Å². The van der Waals surface area contributed by atoms with Crippen molar-refractivity contribution in [1.29, 1.82) is 0 Å². The number of H-pyrrole nitrogens is 1. The fraction of sp³-hybridized carbons (Fsp3) is 0.714. The summed E-state index contributed by atoms with van der Waals surface area (Å²) in [4.78, 5) is 32.0. The highest BCUT2D eigenvalue weighted by atomic mass is 16.2. The Morgan fingerprint density at radius 1 is 1.29 bits per heavy atom. The topological polar surface area (TPSA) is 82.2 Å². The maximum absolute atomic E-state index is 12.4. The first-order valence-electron chi connectivity index (χ1n) is 7.53. The largest absolute Gasteiger partial charge is 0.342 e. The van der Waals surface area contributed by atoms with Crippen LogP contribution < -0.4 is 0 Å². The van der Waals surface area contributed by atoms with E-state index in [1.54, 1.807) is 11.9 Å². The Balaban J connectivity index is 1.49. The Bertz CT molecular complexity index is 503. The van der Waals surface area contributed by atoms with Crippen molar-refractivity contribution >= 4 is 11.8 Å². The van der Waals surface area contributed by atoms with Gasteiger partial charge in [0, 0.05) is 32.0 Å².